The van der Waals surface area contributed by atoms with E-state index in [0.29, 0.717) is 26.2 Å². The maximum absolute atomic E-state index is 12.2. The van der Waals surface area contributed by atoms with Crippen LogP contribution >= 0.6 is 0 Å². The first-order valence-electron chi connectivity index (χ1n) is 7.83. The largest absolute Gasteiger partial charge is 0.375 e. The standard InChI is InChI=1S/C16H22N4O2/c1-2-14-12-20(9-10-22-14)16(21)17-7-6-13-11-19-8-4-3-5-15(19)18-13/h3-5,8,11,14H,2,6-7,9-10,12H2,1H3,(H,17,21)/t14-/m1/s1. The molecule has 0 aromatic carbocycles. The third-order valence-electron chi connectivity index (χ3n) is 3.95. The fourth-order valence-electron chi connectivity index (χ4n) is 2.67. The van der Waals surface area contributed by atoms with Crippen molar-refractivity contribution in [2.45, 2.75) is 25.9 Å². The van der Waals surface area contributed by atoms with E-state index in [1.165, 1.54) is 0 Å². The predicted molar refractivity (Wildman–Crippen MR) is 83.9 cm³/mol. The maximum atomic E-state index is 12.2. The van der Waals surface area contributed by atoms with E-state index in [2.05, 4.69) is 17.2 Å². The number of carbonyl (C=O) groups excluding carboxylic acids is 1. The van der Waals surface area contributed by atoms with Crippen molar-refractivity contribution in [2.75, 3.05) is 26.2 Å². The van der Waals surface area contributed by atoms with Crippen LogP contribution in [0.5, 0.6) is 0 Å². The Hall–Kier alpha value is -2.08. The molecule has 1 saturated heterocycles. The molecule has 1 fully saturated rings. The second-order valence-corrected chi connectivity index (χ2v) is 5.53. The van der Waals surface area contributed by atoms with E-state index < -0.39 is 0 Å². The summed E-state index contributed by atoms with van der Waals surface area (Å²) in [6, 6.07) is 5.91. The van der Waals surface area contributed by atoms with Gasteiger partial charge in [-0.05, 0) is 18.6 Å². The summed E-state index contributed by atoms with van der Waals surface area (Å²) in [6.45, 7) is 4.64. The Bertz CT molecular complexity index is 607. The lowest BCUT2D eigenvalue weighted by molar-refractivity contribution is -0.0153. The van der Waals surface area contributed by atoms with Crippen LogP contribution in [0.4, 0.5) is 4.79 Å². The molecule has 6 nitrogen and oxygen atoms in total. The zero-order valence-corrected chi connectivity index (χ0v) is 12.9. The molecule has 2 aromatic heterocycles. The molecule has 3 rings (SSSR count). The van der Waals surface area contributed by atoms with Gasteiger partial charge < -0.3 is 19.4 Å². The van der Waals surface area contributed by atoms with Crippen LogP contribution in [0.3, 0.4) is 0 Å². The van der Waals surface area contributed by atoms with Crippen molar-refractivity contribution < 1.29 is 9.53 Å². The number of morpholine rings is 1. The minimum Gasteiger partial charge on any atom is -0.375 e. The summed E-state index contributed by atoms with van der Waals surface area (Å²) in [5.74, 6) is 0. The van der Waals surface area contributed by atoms with E-state index >= 15 is 0 Å². The van der Waals surface area contributed by atoms with Gasteiger partial charge in [-0.2, -0.15) is 0 Å². The van der Waals surface area contributed by atoms with E-state index in [9.17, 15) is 4.79 Å². The van der Waals surface area contributed by atoms with Crippen molar-refractivity contribution in [3.63, 3.8) is 0 Å². The van der Waals surface area contributed by atoms with Crippen molar-refractivity contribution >= 4 is 11.7 Å². The lowest BCUT2D eigenvalue weighted by Gasteiger charge is -2.32. The number of imidazole rings is 1. The lowest BCUT2D eigenvalue weighted by atomic mass is 10.2. The summed E-state index contributed by atoms with van der Waals surface area (Å²) in [4.78, 5) is 18.5. The Morgan fingerprint density at radius 1 is 1.50 bits per heavy atom. The van der Waals surface area contributed by atoms with E-state index in [1.54, 1.807) is 0 Å². The Labute approximate surface area is 130 Å². The Balaban J connectivity index is 1.49. The molecule has 2 amide bonds. The van der Waals surface area contributed by atoms with Gasteiger partial charge in [-0.3, -0.25) is 0 Å². The molecule has 1 aliphatic rings. The van der Waals surface area contributed by atoms with Gasteiger partial charge in [0.15, 0.2) is 0 Å². The van der Waals surface area contributed by atoms with E-state index in [-0.39, 0.29) is 12.1 Å². The highest BCUT2D eigenvalue weighted by Crippen LogP contribution is 2.08. The molecule has 1 atom stereocenters. The first-order chi connectivity index (χ1) is 10.8. The number of amides is 2. The maximum Gasteiger partial charge on any atom is 0.317 e. The molecule has 3 heterocycles. The number of nitrogens with zero attached hydrogens (tertiary/aromatic N) is 3. The third kappa shape index (κ3) is 3.39. The van der Waals surface area contributed by atoms with Crippen molar-refractivity contribution in [2.24, 2.45) is 0 Å². The molecule has 0 spiro atoms. The number of urea groups is 1. The molecule has 0 unspecified atom stereocenters. The SMILES string of the molecule is CC[C@@H]1CN(C(=O)NCCc2cn3ccccc3n2)CCO1. The molecule has 2 aromatic rings. The van der Waals surface area contributed by atoms with E-state index in [1.807, 2.05) is 39.9 Å². The number of fused-ring (bicyclic) bond motifs is 1. The fourth-order valence-corrected chi connectivity index (χ4v) is 2.67. The number of hydrogen-bond donors (Lipinski definition) is 1. The molecule has 1 aliphatic heterocycles. The third-order valence-corrected chi connectivity index (χ3v) is 3.95. The van der Waals surface area contributed by atoms with Crippen molar-refractivity contribution in [1.29, 1.82) is 0 Å². The number of carbonyl (C=O) groups is 1. The molecular formula is C16H22N4O2. The number of aromatic nitrogens is 2. The summed E-state index contributed by atoms with van der Waals surface area (Å²) >= 11 is 0. The van der Waals surface area contributed by atoms with Gasteiger partial charge >= 0.3 is 6.03 Å². The van der Waals surface area contributed by atoms with Crippen LogP contribution in [0.2, 0.25) is 0 Å². The van der Waals surface area contributed by atoms with Gasteiger partial charge in [0.05, 0.1) is 18.4 Å². The molecule has 118 valence electrons. The topological polar surface area (TPSA) is 58.9 Å². The Morgan fingerprint density at radius 2 is 2.41 bits per heavy atom. The minimum absolute atomic E-state index is 0.00878. The molecular weight excluding hydrogens is 280 g/mol. The van der Waals surface area contributed by atoms with Crippen LogP contribution in [-0.2, 0) is 11.2 Å². The van der Waals surface area contributed by atoms with Crippen molar-refractivity contribution in [1.82, 2.24) is 19.6 Å². The average Bonchev–Trinajstić information content (AvgIpc) is 2.97. The number of rotatable bonds is 4. The highest BCUT2D eigenvalue weighted by molar-refractivity contribution is 5.74. The zero-order valence-electron chi connectivity index (χ0n) is 12.9. The highest BCUT2D eigenvalue weighted by Gasteiger charge is 2.22. The van der Waals surface area contributed by atoms with Crippen LogP contribution in [0.15, 0.2) is 30.6 Å². The summed E-state index contributed by atoms with van der Waals surface area (Å²) < 4.78 is 7.57. The van der Waals surface area contributed by atoms with Crippen LogP contribution in [0.25, 0.3) is 5.65 Å². The summed E-state index contributed by atoms with van der Waals surface area (Å²) in [5.41, 5.74) is 1.92. The summed E-state index contributed by atoms with van der Waals surface area (Å²) in [6.07, 6.45) is 5.81. The number of nitrogens with one attached hydrogen (secondary N) is 1. The fraction of sp³-hybridized carbons (Fsp3) is 0.500. The molecule has 0 saturated carbocycles. The quantitative estimate of drug-likeness (QED) is 0.935. The molecule has 0 aliphatic carbocycles. The summed E-state index contributed by atoms with van der Waals surface area (Å²) in [5, 5.41) is 2.97. The first kappa shape index (κ1) is 14.8. The second kappa shape index (κ2) is 6.79. The molecule has 0 radical (unpaired) electrons. The Kier molecular flexibility index (Phi) is 4.58. The van der Waals surface area contributed by atoms with Gasteiger partial charge in [0.25, 0.3) is 0 Å². The van der Waals surface area contributed by atoms with Gasteiger partial charge in [-0.25, -0.2) is 9.78 Å². The van der Waals surface area contributed by atoms with Crippen LogP contribution in [0, 0.1) is 0 Å². The highest BCUT2D eigenvalue weighted by atomic mass is 16.5. The van der Waals surface area contributed by atoms with Crippen molar-refractivity contribution in [3.8, 4) is 0 Å². The van der Waals surface area contributed by atoms with Gasteiger partial charge in [-0.1, -0.05) is 13.0 Å². The van der Waals surface area contributed by atoms with Gasteiger partial charge in [0.2, 0.25) is 0 Å². The smallest absolute Gasteiger partial charge is 0.317 e. The number of pyridine rings is 1. The molecule has 0 bridgehead atoms. The van der Waals surface area contributed by atoms with E-state index in [0.717, 1.165) is 24.2 Å². The first-order valence-corrected chi connectivity index (χ1v) is 7.83. The number of ether oxygens (including phenoxy) is 1. The van der Waals surface area contributed by atoms with Gasteiger partial charge in [-0.15, -0.1) is 0 Å². The molecule has 22 heavy (non-hydrogen) atoms. The minimum atomic E-state index is -0.00878. The van der Waals surface area contributed by atoms with E-state index in [4.69, 9.17) is 4.74 Å². The van der Waals surface area contributed by atoms with Crippen molar-refractivity contribution in [3.05, 3.63) is 36.3 Å². The normalized spacial score (nSPS) is 18.6. The van der Waals surface area contributed by atoms with Crippen LogP contribution in [-0.4, -0.2) is 52.7 Å². The molecule has 6 heteroatoms. The second-order valence-electron chi connectivity index (χ2n) is 5.53. The van der Waals surface area contributed by atoms with Crippen LogP contribution < -0.4 is 5.32 Å². The average molecular weight is 302 g/mol. The van der Waals surface area contributed by atoms with Gasteiger partial charge in [0, 0.05) is 38.4 Å². The zero-order chi connectivity index (χ0) is 15.4. The monoisotopic (exact) mass is 302 g/mol. The summed E-state index contributed by atoms with van der Waals surface area (Å²) in [7, 11) is 0. The molecule has 1 N–H and O–H groups in total. The Morgan fingerprint density at radius 3 is 3.23 bits per heavy atom. The lowest BCUT2D eigenvalue weighted by Crippen LogP contribution is -2.49. The predicted octanol–water partition coefficient (Wildman–Crippen LogP) is 1.70. The van der Waals surface area contributed by atoms with Crippen LogP contribution in [0.1, 0.15) is 19.0 Å². The van der Waals surface area contributed by atoms with Gasteiger partial charge in [0.1, 0.15) is 5.65 Å². The number of hydrogen-bond acceptors (Lipinski definition) is 3.